The van der Waals surface area contributed by atoms with Crippen LogP contribution in [0.5, 0.6) is 0 Å². The van der Waals surface area contributed by atoms with E-state index in [9.17, 15) is 10.2 Å². The molecule has 2 nitrogen and oxygen atoms in total. The maximum Gasteiger partial charge on any atom is 0.0654 e. The van der Waals surface area contributed by atoms with Crippen molar-refractivity contribution in [3.63, 3.8) is 0 Å². The number of aliphatic hydroxyl groups is 2. The Balaban J connectivity index is 2.35. The predicted octanol–water partition coefficient (Wildman–Crippen LogP) is 3.36. The first-order valence-corrected chi connectivity index (χ1v) is 7.57. The third-order valence-corrected chi connectivity index (χ3v) is 6.18. The highest BCUT2D eigenvalue weighted by Gasteiger charge is 2.57. The number of hydrogen-bond donors (Lipinski definition) is 2. The molecule has 0 amide bonds. The van der Waals surface area contributed by atoms with Gasteiger partial charge in [-0.2, -0.15) is 0 Å². The van der Waals surface area contributed by atoms with Crippen molar-refractivity contribution in [2.24, 2.45) is 22.7 Å². The van der Waals surface area contributed by atoms with Crippen LogP contribution in [0.1, 0.15) is 66.2 Å². The molecule has 0 aromatic carbocycles. The molecule has 106 valence electrons. The van der Waals surface area contributed by atoms with Gasteiger partial charge >= 0.3 is 0 Å². The van der Waals surface area contributed by atoms with E-state index in [4.69, 9.17) is 0 Å². The van der Waals surface area contributed by atoms with Gasteiger partial charge in [-0.15, -0.1) is 0 Å². The van der Waals surface area contributed by atoms with Gasteiger partial charge in [0.25, 0.3) is 0 Å². The molecule has 0 aliphatic heterocycles. The van der Waals surface area contributed by atoms with E-state index >= 15 is 0 Å². The van der Waals surface area contributed by atoms with Crippen molar-refractivity contribution < 1.29 is 10.2 Å². The lowest BCUT2D eigenvalue weighted by Gasteiger charge is -2.61. The lowest BCUT2D eigenvalue weighted by molar-refractivity contribution is -0.171. The zero-order valence-corrected chi connectivity index (χ0v) is 12.5. The minimum atomic E-state index is -0.596. The molecule has 0 aromatic heterocycles. The van der Waals surface area contributed by atoms with Crippen molar-refractivity contribution in [2.45, 2.75) is 71.8 Å². The second-order valence-corrected chi connectivity index (χ2v) is 7.86. The number of hydrogen-bond acceptors (Lipinski definition) is 2. The number of rotatable bonds is 2. The predicted molar refractivity (Wildman–Crippen MR) is 74.3 cm³/mol. The summed E-state index contributed by atoms with van der Waals surface area (Å²) in [6, 6.07) is 0. The van der Waals surface area contributed by atoms with Gasteiger partial charge in [0.1, 0.15) is 0 Å². The van der Waals surface area contributed by atoms with E-state index in [-0.39, 0.29) is 17.9 Å². The zero-order valence-electron chi connectivity index (χ0n) is 12.5. The summed E-state index contributed by atoms with van der Waals surface area (Å²) in [6.07, 6.45) is 6.55. The summed E-state index contributed by atoms with van der Waals surface area (Å²) in [5.41, 5.74) is -0.00909. The SMILES string of the molecule is CC1(C)CCC[C@]2(C)[C@@H]1CC[C@@](C)(O)[C@@H]2CCO. The first kappa shape index (κ1) is 14.3. The summed E-state index contributed by atoms with van der Waals surface area (Å²) in [5, 5.41) is 20.1. The minimum absolute atomic E-state index is 0.198. The van der Waals surface area contributed by atoms with Crippen LogP contribution in [-0.4, -0.2) is 22.4 Å². The Labute approximate surface area is 112 Å². The average Bonchev–Trinajstić information content (AvgIpc) is 2.22. The van der Waals surface area contributed by atoms with Gasteiger partial charge in [-0.25, -0.2) is 0 Å². The minimum Gasteiger partial charge on any atom is -0.396 e. The molecular formula is C16H30O2. The van der Waals surface area contributed by atoms with E-state index in [0.29, 0.717) is 11.3 Å². The van der Waals surface area contributed by atoms with E-state index in [0.717, 1.165) is 19.3 Å². The first-order valence-electron chi connectivity index (χ1n) is 7.57. The van der Waals surface area contributed by atoms with Gasteiger partial charge in [0.15, 0.2) is 0 Å². The molecule has 0 heterocycles. The van der Waals surface area contributed by atoms with Gasteiger partial charge in [0.05, 0.1) is 5.60 Å². The fourth-order valence-corrected chi connectivity index (χ4v) is 5.39. The Morgan fingerprint density at radius 3 is 2.33 bits per heavy atom. The lowest BCUT2D eigenvalue weighted by atomic mass is 9.45. The molecule has 18 heavy (non-hydrogen) atoms. The Morgan fingerprint density at radius 1 is 1.06 bits per heavy atom. The van der Waals surface area contributed by atoms with E-state index in [1.807, 2.05) is 6.92 Å². The topological polar surface area (TPSA) is 40.5 Å². The maximum absolute atomic E-state index is 10.7. The summed E-state index contributed by atoms with van der Waals surface area (Å²) in [4.78, 5) is 0. The van der Waals surface area contributed by atoms with E-state index in [1.165, 1.54) is 19.3 Å². The van der Waals surface area contributed by atoms with Crippen LogP contribution in [0.3, 0.4) is 0 Å². The van der Waals surface area contributed by atoms with Crippen molar-refractivity contribution in [1.82, 2.24) is 0 Å². The van der Waals surface area contributed by atoms with Gasteiger partial charge in [-0.3, -0.25) is 0 Å². The summed E-state index contributed by atoms with van der Waals surface area (Å²) < 4.78 is 0. The molecule has 2 heteroatoms. The second kappa shape index (κ2) is 4.49. The van der Waals surface area contributed by atoms with Gasteiger partial charge in [-0.1, -0.05) is 27.2 Å². The quantitative estimate of drug-likeness (QED) is 0.793. The maximum atomic E-state index is 10.7. The fraction of sp³-hybridized carbons (Fsp3) is 1.00. The average molecular weight is 254 g/mol. The highest BCUT2D eigenvalue weighted by molar-refractivity contribution is 5.07. The van der Waals surface area contributed by atoms with Crippen molar-refractivity contribution in [3.05, 3.63) is 0 Å². The molecule has 2 saturated carbocycles. The summed E-state index contributed by atoms with van der Waals surface area (Å²) >= 11 is 0. The normalized spacial score (nSPS) is 47.7. The van der Waals surface area contributed by atoms with Crippen molar-refractivity contribution in [1.29, 1.82) is 0 Å². The Bertz CT molecular complexity index is 308. The molecule has 2 N–H and O–H groups in total. The van der Waals surface area contributed by atoms with E-state index in [2.05, 4.69) is 20.8 Å². The first-order chi connectivity index (χ1) is 8.24. The summed E-state index contributed by atoms with van der Waals surface area (Å²) in [5.74, 6) is 0.934. The number of aliphatic hydroxyl groups excluding tert-OH is 1. The van der Waals surface area contributed by atoms with Gasteiger partial charge in [0.2, 0.25) is 0 Å². The molecule has 0 saturated heterocycles. The number of fused-ring (bicyclic) bond motifs is 1. The smallest absolute Gasteiger partial charge is 0.0654 e. The summed E-state index contributed by atoms with van der Waals surface area (Å²) in [6.45, 7) is 9.34. The molecule has 2 aliphatic carbocycles. The van der Waals surface area contributed by atoms with E-state index in [1.54, 1.807) is 0 Å². The monoisotopic (exact) mass is 254 g/mol. The van der Waals surface area contributed by atoms with Crippen LogP contribution in [0.15, 0.2) is 0 Å². The molecule has 0 spiro atoms. The van der Waals surface area contributed by atoms with E-state index < -0.39 is 5.60 Å². The lowest BCUT2D eigenvalue weighted by Crippen LogP contribution is -2.57. The highest BCUT2D eigenvalue weighted by atomic mass is 16.3. The second-order valence-electron chi connectivity index (χ2n) is 7.86. The molecular weight excluding hydrogens is 224 g/mol. The molecule has 2 rings (SSSR count). The van der Waals surface area contributed by atoms with Gasteiger partial charge in [-0.05, 0) is 61.7 Å². The summed E-state index contributed by atoms with van der Waals surface area (Å²) in [7, 11) is 0. The van der Waals surface area contributed by atoms with Crippen LogP contribution < -0.4 is 0 Å². The third-order valence-electron chi connectivity index (χ3n) is 6.18. The highest BCUT2D eigenvalue weighted by Crippen LogP contribution is 2.62. The third kappa shape index (κ3) is 2.12. The van der Waals surface area contributed by atoms with Crippen LogP contribution in [0.25, 0.3) is 0 Å². The fourth-order valence-electron chi connectivity index (χ4n) is 5.39. The molecule has 2 fully saturated rings. The van der Waals surface area contributed by atoms with Crippen molar-refractivity contribution >= 4 is 0 Å². The Hall–Kier alpha value is -0.0800. The molecule has 2 aliphatic rings. The van der Waals surface area contributed by atoms with Gasteiger partial charge < -0.3 is 10.2 Å². The molecule has 0 radical (unpaired) electrons. The van der Waals surface area contributed by atoms with Gasteiger partial charge in [0, 0.05) is 6.61 Å². The van der Waals surface area contributed by atoms with Crippen LogP contribution in [0, 0.1) is 22.7 Å². The largest absolute Gasteiger partial charge is 0.396 e. The molecule has 4 atom stereocenters. The van der Waals surface area contributed by atoms with Crippen LogP contribution in [-0.2, 0) is 0 Å². The Morgan fingerprint density at radius 2 is 1.72 bits per heavy atom. The molecule has 0 bridgehead atoms. The molecule has 0 unspecified atom stereocenters. The van der Waals surface area contributed by atoms with Crippen LogP contribution in [0.4, 0.5) is 0 Å². The zero-order chi connectivity index (χ0) is 13.6. The molecule has 0 aromatic rings. The van der Waals surface area contributed by atoms with Crippen molar-refractivity contribution in [2.75, 3.05) is 6.61 Å². The Kier molecular flexibility index (Phi) is 3.57. The standard InChI is InChI=1S/C16H30O2/c1-14(2)8-5-9-15(3)12(14)6-10-16(4,18)13(15)7-11-17/h12-13,17-18H,5-11H2,1-4H3/t12-,13-,15-,16-/m1/s1. The van der Waals surface area contributed by atoms with Crippen LogP contribution in [0.2, 0.25) is 0 Å². The van der Waals surface area contributed by atoms with Crippen LogP contribution >= 0.6 is 0 Å². The van der Waals surface area contributed by atoms with Crippen molar-refractivity contribution in [3.8, 4) is 0 Å².